The predicted molar refractivity (Wildman–Crippen MR) is 52.3 cm³/mol. The molecule has 0 aliphatic carbocycles. The van der Waals surface area contributed by atoms with Crippen LogP contribution in [0.3, 0.4) is 0 Å². The minimum Gasteiger partial charge on any atom is -0.465 e. The Morgan fingerprint density at radius 2 is 2.15 bits per heavy atom. The summed E-state index contributed by atoms with van der Waals surface area (Å²) in [5.74, 6) is -0.390. The zero-order valence-electron chi connectivity index (χ0n) is 7.43. The number of ether oxygens (including phenoxy) is 1. The van der Waals surface area contributed by atoms with Crippen LogP contribution < -0.4 is 5.32 Å². The van der Waals surface area contributed by atoms with Crippen LogP contribution in [0, 0.1) is 0 Å². The largest absolute Gasteiger partial charge is 0.465 e. The molecule has 0 fully saturated rings. The van der Waals surface area contributed by atoms with Gasteiger partial charge in [0.2, 0.25) is 0 Å². The van der Waals surface area contributed by atoms with Gasteiger partial charge in [0.1, 0.15) is 0 Å². The number of benzene rings is 1. The molecule has 0 amide bonds. The van der Waals surface area contributed by atoms with Crippen molar-refractivity contribution in [2.45, 2.75) is 0 Å². The molecule has 0 bridgehead atoms. The SMILES string of the molecule is CNc1cc(Cl)cc(C(=O)OC)c1. The molecule has 3 nitrogen and oxygen atoms in total. The Balaban J connectivity index is 3.08. The minimum absolute atomic E-state index is 0.390. The molecule has 4 heteroatoms. The van der Waals surface area contributed by atoms with Crippen molar-refractivity contribution in [3.8, 4) is 0 Å². The third-order valence-electron chi connectivity index (χ3n) is 1.61. The first-order valence-corrected chi connectivity index (χ1v) is 4.12. The van der Waals surface area contributed by atoms with E-state index >= 15 is 0 Å². The van der Waals surface area contributed by atoms with Crippen molar-refractivity contribution < 1.29 is 9.53 Å². The van der Waals surface area contributed by atoms with Crippen LogP contribution in [0.2, 0.25) is 5.02 Å². The van der Waals surface area contributed by atoms with Crippen molar-refractivity contribution in [2.24, 2.45) is 0 Å². The van der Waals surface area contributed by atoms with Crippen LogP contribution in [0.1, 0.15) is 10.4 Å². The molecule has 0 heterocycles. The molecule has 0 unspecified atom stereocenters. The van der Waals surface area contributed by atoms with Crippen LogP contribution in [0.25, 0.3) is 0 Å². The molecule has 0 spiro atoms. The lowest BCUT2D eigenvalue weighted by molar-refractivity contribution is 0.0601. The molecule has 0 atom stereocenters. The summed E-state index contributed by atoms with van der Waals surface area (Å²) in [5, 5.41) is 3.40. The van der Waals surface area contributed by atoms with Gasteiger partial charge in [-0.1, -0.05) is 11.6 Å². The summed E-state index contributed by atoms with van der Waals surface area (Å²) in [4.78, 5) is 11.1. The Morgan fingerprint density at radius 1 is 1.46 bits per heavy atom. The molecular weight excluding hydrogens is 190 g/mol. The first kappa shape index (κ1) is 9.86. The lowest BCUT2D eigenvalue weighted by Crippen LogP contribution is -2.02. The van der Waals surface area contributed by atoms with E-state index < -0.39 is 0 Å². The molecule has 0 radical (unpaired) electrons. The fraction of sp³-hybridized carbons (Fsp3) is 0.222. The highest BCUT2D eigenvalue weighted by atomic mass is 35.5. The van der Waals surface area contributed by atoms with Crippen LogP contribution in [0.4, 0.5) is 5.69 Å². The van der Waals surface area contributed by atoms with Gasteiger partial charge >= 0.3 is 5.97 Å². The number of esters is 1. The molecular formula is C9H10ClNO2. The molecule has 13 heavy (non-hydrogen) atoms. The number of methoxy groups -OCH3 is 1. The van der Waals surface area contributed by atoms with Gasteiger partial charge in [0, 0.05) is 17.8 Å². The van der Waals surface area contributed by atoms with E-state index in [9.17, 15) is 4.79 Å². The van der Waals surface area contributed by atoms with Crippen LogP contribution in [0.5, 0.6) is 0 Å². The molecule has 1 aromatic rings. The summed E-state index contributed by atoms with van der Waals surface area (Å²) in [5.41, 5.74) is 1.23. The van der Waals surface area contributed by atoms with E-state index in [0.717, 1.165) is 5.69 Å². The number of halogens is 1. The van der Waals surface area contributed by atoms with E-state index in [1.807, 2.05) is 0 Å². The zero-order valence-corrected chi connectivity index (χ0v) is 8.18. The van der Waals surface area contributed by atoms with E-state index in [1.54, 1.807) is 25.2 Å². The first-order chi connectivity index (χ1) is 6.17. The molecule has 0 saturated carbocycles. The summed E-state index contributed by atoms with van der Waals surface area (Å²) in [6.07, 6.45) is 0. The van der Waals surface area contributed by atoms with Crippen molar-refractivity contribution in [2.75, 3.05) is 19.5 Å². The molecule has 0 saturated heterocycles. The van der Waals surface area contributed by atoms with Gasteiger partial charge < -0.3 is 10.1 Å². The Hall–Kier alpha value is -1.22. The third-order valence-corrected chi connectivity index (χ3v) is 1.83. The highest BCUT2D eigenvalue weighted by molar-refractivity contribution is 6.31. The number of hydrogen-bond acceptors (Lipinski definition) is 3. The van der Waals surface area contributed by atoms with Gasteiger partial charge in [-0.2, -0.15) is 0 Å². The molecule has 1 aromatic carbocycles. The maximum Gasteiger partial charge on any atom is 0.337 e. The van der Waals surface area contributed by atoms with Crippen molar-refractivity contribution in [3.05, 3.63) is 28.8 Å². The number of hydrogen-bond donors (Lipinski definition) is 1. The molecule has 0 aliphatic rings. The van der Waals surface area contributed by atoms with E-state index in [1.165, 1.54) is 7.11 Å². The quantitative estimate of drug-likeness (QED) is 0.742. The van der Waals surface area contributed by atoms with Gasteiger partial charge in [0.25, 0.3) is 0 Å². The minimum atomic E-state index is -0.390. The Kier molecular flexibility index (Phi) is 3.14. The fourth-order valence-corrected chi connectivity index (χ4v) is 1.20. The average molecular weight is 200 g/mol. The van der Waals surface area contributed by atoms with E-state index in [2.05, 4.69) is 10.1 Å². The molecule has 70 valence electrons. The second-order valence-corrected chi connectivity index (χ2v) is 2.91. The maximum atomic E-state index is 11.1. The number of carbonyl (C=O) groups excluding carboxylic acids is 1. The summed E-state index contributed by atoms with van der Waals surface area (Å²) in [6, 6.07) is 4.97. The topological polar surface area (TPSA) is 38.3 Å². The van der Waals surface area contributed by atoms with Crippen LogP contribution >= 0.6 is 11.6 Å². The lowest BCUT2D eigenvalue weighted by Gasteiger charge is -2.04. The van der Waals surface area contributed by atoms with Crippen LogP contribution in [0.15, 0.2) is 18.2 Å². The van der Waals surface area contributed by atoms with E-state index in [0.29, 0.717) is 10.6 Å². The Bertz CT molecular complexity index is 325. The number of nitrogens with one attached hydrogen (secondary N) is 1. The predicted octanol–water partition coefficient (Wildman–Crippen LogP) is 2.17. The smallest absolute Gasteiger partial charge is 0.337 e. The van der Waals surface area contributed by atoms with Crippen molar-refractivity contribution >= 4 is 23.3 Å². The number of anilines is 1. The van der Waals surface area contributed by atoms with Crippen molar-refractivity contribution in [1.29, 1.82) is 0 Å². The second-order valence-electron chi connectivity index (χ2n) is 2.47. The van der Waals surface area contributed by atoms with Crippen molar-refractivity contribution in [3.63, 3.8) is 0 Å². The van der Waals surface area contributed by atoms with Gasteiger partial charge in [-0.25, -0.2) is 4.79 Å². The second kappa shape index (κ2) is 4.14. The van der Waals surface area contributed by atoms with E-state index in [-0.39, 0.29) is 5.97 Å². The first-order valence-electron chi connectivity index (χ1n) is 3.74. The van der Waals surface area contributed by atoms with Gasteiger partial charge in [0.15, 0.2) is 0 Å². The van der Waals surface area contributed by atoms with Crippen molar-refractivity contribution in [1.82, 2.24) is 0 Å². The summed E-state index contributed by atoms with van der Waals surface area (Å²) in [6.45, 7) is 0. The average Bonchev–Trinajstić information content (AvgIpc) is 2.15. The summed E-state index contributed by atoms with van der Waals surface area (Å²) < 4.78 is 4.57. The monoisotopic (exact) mass is 199 g/mol. The third kappa shape index (κ3) is 2.36. The maximum absolute atomic E-state index is 11.1. The number of carbonyl (C=O) groups is 1. The fourth-order valence-electron chi connectivity index (χ4n) is 0.970. The lowest BCUT2D eigenvalue weighted by atomic mass is 10.2. The Labute approximate surface area is 81.7 Å². The summed E-state index contributed by atoms with van der Waals surface area (Å²) >= 11 is 5.78. The highest BCUT2D eigenvalue weighted by Crippen LogP contribution is 2.18. The van der Waals surface area contributed by atoms with E-state index in [4.69, 9.17) is 11.6 Å². The molecule has 0 aliphatic heterocycles. The van der Waals surface area contributed by atoms with Crippen LogP contribution in [-0.4, -0.2) is 20.1 Å². The molecule has 1 rings (SSSR count). The standard InChI is InChI=1S/C9H10ClNO2/c1-11-8-4-6(9(12)13-2)3-7(10)5-8/h3-5,11H,1-2H3. The van der Waals surface area contributed by atoms with Gasteiger partial charge in [0.05, 0.1) is 12.7 Å². The molecule has 1 N–H and O–H groups in total. The highest BCUT2D eigenvalue weighted by Gasteiger charge is 2.06. The normalized spacial score (nSPS) is 9.46. The number of rotatable bonds is 2. The molecule has 0 aromatic heterocycles. The van der Waals surface area contributed by atoms with Gasteiger partial charge in [-0.15, -0.1) is 0 Å². The van der Waals surface area contributed by atoms with Crippen LogP contribution in [-0.2, 0) is 4.74 Å². The zero-order chi connectivity index (χ0) is 9.84. The van der Waals surface area contributed by atoms with Gasteiger partial charge in [-0.3, -0.25) is 0 Å². The van der Waals surface area contributed by atoms with Gasteiger partial charge in [-0.05, 0) is 18.2 Å². The summed E-state index contributed by atoms with van der Waals surface area (Å²) in [7, 11) is 3.09. The Morgan fingerprint density at radius 3 is 2.69 bits per heavy atom.